The van der Waals surface area contributed by atoms with Gasteiger partial charge in [0.2, 0.25) is 0 Å². The van der Waals surface area contributed by atoms with Crippen LogP contribution >= 0.6 is 11.3 Å². The molecule has 0 aliphatic carbocycles. The zero-order valence-electron chi connectivity index (χ0n) is 16.1. The first-order valence-electron chi connectivity index (χ1n) is 9.67. The molecule has 0 fully saturated rings. The zero-order valence-corrected chi connectivity index (χ0v) is 16.9. The lowest BCUT2D eigenvalue weighted by Gasteiger charge is -2.12. The highest BCUT2D eigenvalue weighted by Crippen LogP contribution is 2.37. The molecule has 4 heteroatoms. The number of H-pyrrole nitrogens is 1. The van der Waals surface area contributed by atoms with Crippen molar-refractivity contribution in [2.24, 2.45) is 0 Å². The molecule has 0 saturated heterocycles. The van der Waals surface area contributed by atoms with E-state index in [0.717, 1.165) is 43.6 Å². The molecule has 0 amide bonds. The second-order valence-corrected chi connectivity index (χ2v) is 7.91. The number of pyridine rings is 2. The van der Waals surface area contributed by atoms with Crippen molar-refractivity contribution in [1.29, 1.82) is 0 Å². The largest absolute Gasteiger partial charge is 0.321 e. The van der Waals surface area contributed by atoms with Gasteiger partial charge in [0, 0.05) is 33.7 Å². The van der Waals surface area contributed by atoms with Crippen molar-refractivity contribution < 1.29 is 0 Å². The Morgan fingerprint density at radius 2 is 1.63 bits per heavy atom. The van der Waals surface area contributed by atoms with Crippen LogP contribution in [-0.2, 0) is 0 Å². The van der Waals surface area contributed by atoms with Crippen molar-refractivity contribution in [2.45, 2.75) is 0 Å². The van der Waals surface area contributed by atoms with E-state index in [4.69, 9.17) is 0 Å². The second kappa shape index (κ2) is 7.93. The number of rotatable bonds is 4. The van der Waals surface area contributed by atoms with Crippen molar-refractivity contribution in [1.82, 2.24) is 9.97 Å². The van der Waals surface area contributed by atoms with E-state index in [-0.39, 0.29) is 5.56 Å². The number of aromatic nitrogens is 2. The number of para-hydroxylation sites is 1. The predicted octanol–water partition coefficient (Wildman–Crippen LogP) is 6.49. The highest BCUT2D eigenvalue weighted by Gasteiger charge is 2.17. The highest BCUT2D eigenvalue weighted by molar-refractivity contribution is 7.13. The number of hydrogen-bond donors (Lipinski definition) is 1. The normalized spacial score (nSPS) is 11.3. The molecule has 0 unspecified atom stereocenters. The van der Waals surface area contributed by atoms with Crippen molar-refractivity contribution >= 4 is 34.4 Å². The van der Waals surface area contributed by atoms with E-state index >= 15 is 0 Å². The van der Waals surface area contributed by atoms with Crippen LogP contribution in [0.5, 0.6) is 0 Å². The van der Waals surface area contributed by atoms with Crippen LogP contribution in [0.1, 0.15) is 11.1 Å². The summed E-state index contributed by atoms with van der Waals surface area (Å²) in [6.45, 7) is 0. The number of hydrogen-bond acceptors (Lipinski definition) is 3. The molecule has 5 aromatic rings. The van der Waals surface area contributed by atoms with E-state index < -0.39 is 0 Å². The molecule has 30 heavy (non-hydrogen) atoms. The molecule has 3 heterocycles. The molecule has 5 rings (SSSR count). The lowest BCUT2D eigenvalue weighted by Crippen LogP contribution is -2.10. The maximum Gasteiger partial charge on any atom is 0.257 e. The second-order valence-electron chi connectivity index (χ2n) is 6.97. The Balaban J connectivity index is 1.71. The quantitative estimate of drug-likeness (QED) is 0.371. The van der Waals surface area contributed by atoms with Gasteiger partial charge < -0.3 is 4.98 Å². The molecule has 3 aromatic heterocycles. The van der Waals surface area contributed by atoms with E-state index in [9.17, 15) is 4.79 Å². The first-order valence-corrected chi connectivity index (χ1v) is 10.5. The van der Waals surface area contributed by atoms with Crippen molar-refractivity contribution in [3.8, 4) is 21.6 Å². The summed E-state index contributed by atoms with van der Waals surface area (Å²) in [6, 6.07) is 24.2. The summed E-state index contributed by atoms with van der Waals surface area (Å²) >= 11 is 1.58. The molecular weight excluding hydrogens is 388 g/mol. The van der Waals surface area contributed by atoms with Crippen LogP contribution in [0.2, 0.25) is 0 Å². The molecule has 2 aromatic carbocycles. The van der Waals surface area contributed by atoms with Crippen molar-refractivity contribution in [3.63, 3.8) is 0 Å². The van der Waals surface area contributed by atoms with E-state index in [2.05, 4.69) is 46.4 Å². The molecule has 0 aliphatic rings. The fraction of sp³-hybridized carbons (Fsp3) is 0. The minimum absolute atomic E-state index is 0.0659. The Labute approximate surface area is 178 Å². The van der Waals surface area contributed by atoms with Gasteiger partial charge in [-0.05, 0) is 52.4 Å². The molecule has 0 atom stereocenters. The third kappa shape index (κ3) is 3.49. The third-order valence-corrected chi connectivity index (χ3v) is 5.93. The third-order valence-electron chi connectivity index (χ3n) is 5.04. The monoisotopic (exact) mass is 406 g/mol. The van der Waals surface area contributed by atoms with Gasteiger partial charge in [-0.15, -0.1) is 11.3 Å². The van der Waals surface area contributed by atoms with E-state index in [0.29, 0.717) is 0 Å². The molecule has 144 valence electrons. The molecule has 1 N–H and O–H groups in total. The summed E-state index contributed by atoms with van der Waals surface area (Å²) in [4.78, 5) is 21.1. The summed E-state index contributed by atoms with van der Waals surface area (Å²) in [5.41, 5.74) is 5.66. The minimum Gasteiger partial charge on any atom is -0.321 e. The molecule has 0 spiro atoms. The number of aromatic amines is 1. The summed E-state index contributed by atoms with van der Waals surface area (Å²) < 4.78 is 0. The maximum absolute atomic E-state index is 13.1. The Bertz CT molecular complexity index is 1400. The Morgan fingerprint density at radius 3 is 2.47 bits per heavy atom. The topological polar surface area (TPSA) is 45.8 Å². The van der Waals surface area contributed by atoms with Crippen molar-refractivity contribution in [2.75, 3.05) is 0 Å². The van der Waals surface area contributed by atoms with Gasteiger partial charge in [-0.3, -0.25) is 9.78 Å². The molecular formula is C26H18N2OS. The average molecular weight is 407 g/mol. The van der Waals surface area contributed by atoms with Gasteiger partial charge in [0.05, 0.1) is 5.56 Å². The maximum atomic E-state index is 13.1. The summed E-state index contributed by atoms with van der Waals surface area (Å²) in [5.74, 6) is 0. The van der Waals surface area contributed by atoms with Gasteiger partial charge in [-0.1, -0.05) is 54.6 Å². The molecule has 0 bridgehead atoms. The van der Waals surface area contributed by atoms with E-state index in [1.165, 1.54) is 0 Å². The smallest absolute Gasteiger partial charge is 0.257 e. The molecule has 3 nitrogen and oxygen atoms in total. The molecule has 0 radical (unpaired) electrons. The lowest BCUT2D eigenvalue weighted by atomic mass is 9.94. The van der Waals surface area contributed by atoms with Crippen LogP contribution in [0, 0.1) is 0 Å². The van der Waals surface area contributed by atoms with E-state index in [1.54, 1.807) is 23.7 Å². The van der Waals surface area contributed by atoms with Crippen LogP contribution in [0.4, 0.5) is 0 Å². The SMILES string of the molecule is O=c1[nH]c2ccccc2c(-c2cccc(C=Cc3ccncc3)c2)c1-c1cccs1. The van der Waals surface area contributed by atoms with Crippen LogP contribution in [0.15, 0.2) is 95.4 Å². The van der Waals surface area contributed by atoms with Crippen LogP contribution in [0.3, 0.4) is 0 Å². The number of nitrogens with zero attached hydrogens (tertiary/aromatic N) is 1. The zero-order chi connectivity index (χ0) is 20.3. The van der Waals surface area contributed by atoms with Crippen LogP contribution < -0.4 is 5.56 Å². The Morgan fingerprint density at radius 1 is 0.800 bits per heavy atom. The van der Waals surface area contributed by atoms with E-state index in [1.807, 2.05) is 53.9 Å². The Kier molecular flexibility index (Phi) is 4.83. The summed E-state index contributed by atoms with van der Waals surface area (Å²) in [7, 11) is 0. The van der Waals surface area contributed by atoms with Gasteiger partial charge in [0.25, 0.3) is 5.56 Å². The fourth-order valence-corrected chi connectivity index (χ4v) is 4.44. The van der Waals surface area contributed by atoms with Gasteiger partial charge in [-0.2, -0.15) is 0 Å². The highest BCUT2D eigenvalue weighted by atomic mass is 32.1. The number of benzene rings is 2. The fourth-order valence-electron chi connectivity index (χ4n) is 3.66. The number of nitrogens with one attached hydrogen (secondary N) is 1. The van der Waals surface area contributed by atoms with Crippen LogP contribution in [-0.4, -0.2) is 9.97 Å². The Hall–Kier alpha value is -3.76. The first kappa shape index (κ1) is 18.3. The average Bonchev–Trinajstić information content (AvgIpc) is 3.32. The number of fused-ring (bicyclic) bond motifs is 1. The molecule has 0 saturated carbocycles. The summed E-state index contributed by atoms with van der Waals surface area (Å²) in [5, 5.41) is 3.04. The van der Waals surface area contributed by atoms with Gasteiger partial charge in [0.1, 0.15) is 0 Å². The standard InChI is InChI=1S/C26H18N2OS/c29-26-25(23-9-4-16-30-23)24(21-7-1-2-8-22(21)28-26)20-6-3-5-19(17-20)11-10-18-12-14-27-15-13-18/h1-17H,(H,28,29). The van der Waals surface area contributed by atoms with Gasteiger partial charge >= 0.3 is 0 Å². The van der Waals surface area contributed by atoms with Crippen molar-refractivity contribution in [3.05, 3.63) is 112 Å². The molecule has 0 aliphatic heterocycles. The summed E-state index contributed by atoms with van der Waals surface area (Å²) in [6.07, 6.45) is 7.72. The predicted molar refractivity (Wildman–Crippen MR) is 126 cm³/mol. The lowest BCUT2D eigenvalue weighted by molar-refractivity contribution is 1.31. The van der Waals surface area contributed by atoms with Gasteiger partial charge in [-0.25, -0.2) is 0 Å². The van der Waals surface area contributed by atoms with Gasteiger partial charge in [0.15, 0.2) is 0 Å². The minimum atomic E-state index is -0.0659. The number of thiophene rings is 1. The first-order chi connectivity index (χ1) is 14.8. The van der Waals surface area contributed by atoms with Crippen LogP contribution in [0.25, 0.3) is 44.6 Å².